The minimum atomic E-state index is -0.702. The predicted octanol–water partition coefficient (Wildman–Crippen LogP) is 2.41. The molecule has 0 aliphatic heterocycles. The number of carbonyl (C=O) groups is 2. The highest BCUT2D eigenvalue weighted by Gasteiger charge is 2.21. The Hall–Kier alpha value is -2.94. The Labute approximate surface area is 141 Å². The van der Waals surface area contributed by atoms with Gasteiger partial charge in [-0.3, -0.25) is 19.6 Å². The van der Waals surface area contributed by atoms with Crippen LogP contribution in [0.1, 0.15) is 27.9 Å². The van der Waals surface area contributed by atoms with Gasteiger partial charge in [-0.05, 0) is 19.1 Å². The normalized spacial score (nSPS) is 10.3. The Bertz CT molecular complexity index is 817. The molecule has 0 atom stereocenters. The van der Waals surface area contributed by atoms with Crippen molar-refractivity contribution < 1.29 is 19.2 Å². The predicted molar refractivity (Wildman–Crippen MR) is 85.2 cm³/mol. The van der Waals surface area contributed by atoms with E-state index < -0.39 is 16.8 Å². The van der Waals surface area contributed by atoms with Gasteiger partial charge in [0.1, 0.15) is 11.4 Å². The molecule has 0 fully saturated rings. The van der Waals surface area contributed by atoms with E-state index in [4.69, 9.17) is 16.3 Å². The van der Waals surface area contributed by atoms with Crippen LogP contribution in [0.5, 0.6) is 0 Å². The first-order valence-corrected chi connectivity index (χ1v) is 7.17. The number of aryl methyl sites for hydroxylation is 1. The van der Waals surface area contributed by atoms with Crippen molar-refractivity contribution >= 4 is 34.9 Å². The third-order valence-electron chi connectivity index (χ3n) is 3.00. The topological polar surface area (TPSA) is 116 Å². The Morgan fingerprint density at radius 3 is 2.75 bits per heavy atom. The van der Waals surface area contributed by atoms with E-state index in [0.29, 0.717) is 0 Å². The second kappa shape index (κ2) is 7.09. The summed E-state index contributed by atoms with van der Waals surface area (Å²) in [6, 6.07) is 5.09. The number of nitro groups is 1. The van der Waals surface area contributed by atoms with Crippen molar-refractivity contribution in [2.75, 3.05) is 11.9 Å². The van der Waals surface area contributed by atoms with Gasteiger partial charge in [0.05, 0.1) is 11.5 Å². The van der Waals surface area contributed by atoms with Crippen molar-refractivity contribution in [3.05, 3.63) is 50.8 Å². The first-order chi connectivity index (χ1) is 11.3. The molecule has 126 valence electrons. The number of nitrogens with one attached hydrogen (secondary N) is 1. The standard InChI is InChI=1S/C14H13ClN4O5/c1-3-24-14(21)12-7-10(17-18(12)2)13(20)16-9-5-4-8(15)6-11(9)19(22)23/h4-7H,3H2,1-2H3,(H,16,20). The van der Waals surface area contributed by atoms with Crippen LogP contribution in [-0.2, 0) is 11.8 Å². The van der Waals surface area contributed by atoms with Gasteiger partial charge in [-0.15, -0.1) is 0 Å². The van der Waals surface area contributed by atoms with Crippen LogP contribution in [0.4, 0.5) is 11.4 Å². The second-order valence-electron chi connectivity index (χ2n) is 4.63. The molecular weight excluding hydrogens is 340 g/mol. The minimum absolute atomic E-state index is 0.0299. The molecule has 10 heteroatoms. The third-order valence-corrected chi connectivity index (χ3v) is 3.24. The number of hydrogen-bond acceptors (Lipinski definition) is 6. The fraction of sp³-hybridized carbons (Fsp3) is 0.214. The molecule has 1 amide bonds. The van der Waals surface area contributed by atoms with Crippen molar-refractivity contribution in [3.8, 4) is 0 Å². The Kier molecular flexibility index (Phi) is 5.14. The highest BCUT2D eigenvalue weighted by atomic mass is 35.5. The lowest BCUT2D eigenvalue weighted by Crippen LogP contribution is -2.14. The number of esters is 1. The highest BCUT2D eigenvalue weighted by molar-refractivity contribution is 6.31. The SMILES string of the molecule is CCOC(=O)c1cc(C(=O)Nc2ccc(Cl)cc2[N+](=O)[O-])nn1C. The van der Waals surface area contributed by atoms with Gasteiger partial charge in [0.2, 0.25) is 0 Å². The van der Waals surface area contributed by atoms with Crippen LogP contribution in [0, 0.1) is 10.1 Å². The molecule has 1 aromatic heterocycles. The maximum Gasteiger partial charge on any atom is 0.356 e. The average Bonchev–Trinajstić information content (AvgIpc) is 2.91. The van der Waals surface area contributed by atoms with Gasteiger partial charge in [0, 0.05) is 24.2 Å². The lowest BCUT2D eigenvalue weighted by Gasteiger charge is -2.04. The molecule has 2 aromatic rings. The van der Waals surface area contributed by atoms with Crippen molar-refractivity contribution in [2.24, 2.45) is 7.05 Å². The van der Waals surface area contributed by atoms with Gasteiger partial charge in [0.15, 0.2) is 5.69 Å². The zero-order chi connectivity index (χ0) is 17.9. The summed E-state index contributed by atoms with van der Waals surface area (Å²) in [5.41, 5.74) is -0.368. The lowest BCUT2D eigenvalue weighted by molar-refractivity contribution is -0.383. The molecular formula is C14H13ClN4O5. The summed E-state index contributed by atoms with van der Waals surface area (Å²) in [4.78, 5) is 34.3. The Balaban J connectivity index is 2.27. The maximum atomic E-state index is 12.2. The zero-order valence-electron chi connectivity index (χ0n) is 12.8. The lowest BCUT2D eigenvalue weighted by atomic mass is 10.2. The summed E-state index contributed by atoms with van der Waals surface area (Å²) < 4.78 is 6.05. The fourth-order valence-electron chi connectivity index (χ4n) is 1.92. The fourth-order valence-corrected chi connectivity index (χ4v) is 2.09. The number of amides is 1. The summed E-state index contributed by atoms with van der Waals surface area (Å²) in [6.45, 7) is 1.84. The van der Waals surface area contributed by atoms with Gasteiger partial charge in [-0.1, -0.05) is 11.6 Å². The Morgan fingerprint density at radius 1 is 1.42 bits per heavy atom. The number of carbonyl (C=O) groups excluding carboxylic acids is 2. The van der Waals surface area contributed by atoms with Crippen LogP contribution in [0.2, 0.25) is 5.02 Å². The Morgan fingerprint density at radius 2 is 2.12 bits per heavy atom. The van der Waals surface area contributed by atoms with Crippen molar-refractivity contribution in [3.63, 3.8) is 0 Å². The van der Waals surface area contributed by atoms with E-state index in [-0.39, 0.29) is 34.4 Å². The van der Waals surface area contributed by atoms with Crippen LogP contribution in [-0.4, -0.2) is 33.2 Å². The summed E-state index contributed by atoms with van der Waals surface area (Å²) in [5, 5.41) is 17.5. The van der Waals surface area contributed by atoms with Crippen molar-refractivity contribution in [1.29, 1.82) is 0 Å². The van der Waals surface area contributed by atoms with Gasteiger partial charge >= 0.3 is 5.97 Å². The van der Waals surface area contributed by atoms with E-state index >= 15 is 0 Å². The molecule has 0 radical (unpaired) electrons. The molecule has 9 nitrogen and oxygen atoms in total. The third kappa shape index (κ3) is 3.69. The number of aromatic nitrogens is 2. The van der Waals surface area contributed by atoms with Gasteiger partial charge in [-0.2, -0.15) is 5.10 Å². The summed E-state index contributed by atoms with van der Waals surface area (Å²) in [6.07, 6.45) is 0. The molecule has 1 heterocycles. The number of hydrogen-bond donors (Lipinski definition) is 1. The van der Waals surface area contributed by atoms with Crippen LogP contribution < -0.4 is 5.32 Å². The molecule has 1 N–H and O–H groups in total. The van der Waals surface area contributed by atoms with Crippen molar-refractivity contribution in [1.82, 2.24) is 9.78 Å². The quantitative estimate of drug-likeness (QED) is 0.501. The molecule has 0 spiro atoms. The van der Waals surface area contributed by atoms with Gasteiger partial charge in [-0.25, -0.2) is 4.79 Å². The maximum absolute atomic E-state index is 12.2. The number of nitrogens with zero attached hydrogens (tertiary/aromatic N) is 3. The van der Waals surface area contributed by atoms with Crippen molar-refractivity contribution in [2.45, 2.75) is 6.92 Å². The van der Waals surface area contributed by atoms with Crippen LogP contribution in [0.15, 0.2) is 24.3 Å². The van der Waals surface area contributed by atoms with E-state index in [0.717, 1.165) is 6.07 Å². The number of halogens is 1. The monoisotopic (exact) mass is 352 g/mol. The number of rotatable bonds is 5. The molecule has 1 aromatic carbocycles. The van der Waals surface area contributed by atoms with E-state index in [2.05, 4.69) is 10.4 Å². The molecule has 0 saturated heterocycles. The van der Waals surface area contributed by atoms with E-state index in [1.54, 1.807) is 6.92 Å². The summed E-state index contributed by atoms with van der Waals surface area (Å²) in [7, 11) is 1.48. The molecule has 2 rings (SSSR count). The highest BCUT2D eigenvalue weighted by Crippen LogP contribution is 2.28. The summed E-state index contributed by atoms with van der Waals surface area (Å²) in [5.74, 6) is -1.32. The van der Waals surface area contributed by atoms with E-state index in [1.807, 2.05) is 0 Å². The molecule has 0 aliphatic rings. The summed E-state index contributed by atoms with van der Waals surface area (Å²) >= 11 is 5.72. The average molecular weight is 353 g/mol. The molecule has 0 unspecified atom stereocenters. The minimum Gasteiger partial charge on any atom is -0.461 e. The smallest absolute Gasteiger partial charge is 0.356 e. The van der Waals surface area contributed by atoms with Crippen LogP contribution >= 0.6 is 11.6 Å². The van der Waals surface area contributed by atoms with E-state index in [1.165, 1.54) is 29.9 Å². The zero-order valence-corrected chi connectivity index (χ0v) is 13.5. The van der Waals surface area contributed by atoms with Gasteiger partial charge in [0.25, 0.3) is 11.6 Å². The molecule has 0 aliphatic carbocycles. The van der Waals surface area contributed by atoms with Crippen LogP contribution in [0.25, 0.3) is 0 Å². The van der Waals surface area contributed by atoms with Crippen LogP contribution in [0.3, 0.4) is 0 Å². The number of anilines is 1. The number of benzene rings is 1. The second-order valence-corrected chi connectivity index (χ2v) is 5.07. The van der Waals surface area contributed by atoms with E-state index in [9.17, 15) is 19.7 Å². The first kappa shape index (κ1) is 17.4. The largest absolute Gasteiger partial charge is 0.461 e. The number of nitro benzene ring substituents is 1. The van der Waals surface area contributed by atoms with Gasteiger partial charge < -0.3 is 10.1 Å². The number of ether oxygens (including phenoxy) is 1. The first-order valence-electron chi connectivity index (χ1n) is 6.80. The molecule has 0 saturated carbocycles. The molecule has 24 heavy (non-hydrogen) atoms. The molecule has 0 bridgehead atoms.